The van der Waals surface area contributed by atoms with E-state index in [4.69, 9.17) is 9.47 Å². The zero-order chi connectivity index (χ0) is 19.7. The second kappa shape index (κ2) is 7.06. The van der Waals surface area contributed by atoms with Crippen LogP contribution in [0.3, 0.4) is 0 Å². The molecule has 1 amide bonds. The number of hydrogen-bond acceptors (Lipinski definition) is 4. The van der Waals surface area contributed by atoms with Gasteiger partial charge in [-0.1, -0.05) is 75.4 Å². The Kier molecular flexibility index (Phi) is 4.96. The summed E-state index contributed by atoms with van der Waals surface area (Å²) < 4.78 is 10.7. The first-order chi connectivity index (χ1) is 12.8. The van der Waals surface area contributed by atoms with E-state index in [2.05, 4.69) is 0 Å². The highest BCUT2D eigenvalue weighted by atomic mass is 16.6. The number of methoxy groups -OCH3 is 1. The van der Waals surface area contributed by atoms with Gasteiger partial charge in [0.1, 0.15) is 6.61 Å². The Labute approximate surface area is 159 Å². The highest BCUT2D eigenvalue weighted by Crippen LogP contribution is 2.51. The van der Waals surface area contributed by atoms with Crippen LogP contribution in [0.15, 0.2) is 54.6 Å². The summed E-state index contributed by atoms with van der Waals surface area (Å²) >= 11 is 0. The third-order valence-electron chi connectivity index (χ3n) is 5.13. The summed E-state index contributed by atoms with van der Waals surface area (Å²) in [5, 5.41) is 0. The molecular formula is C22H25NO4. The fraction of sp³-hybridized carbons (Fsp3) is 0.364. The van der Waals surface area contributed by atoms with Crippen molar-refractivity contribution < 1.29 is 19.1 Å². The van der Waals surface area contributed by atoms with Gasteiger partial charge in [0, 0.05) is 5.41 Å². The minimum absolute atomic E-state index is 0.147. The predicted molar refractivity (Wildman–Crippen MR) is 102 cm³/mol. The first kappa shape index (κ1) is 19.0. The summed E-state index contributed by atoms with van der Waals surface area (Å²) in [5.41, 5.74) is 0.766. The van der Waals surface area contributed by atoms with Crippen molar-refractivity contribution in [3.05, 3.63) is 71.3 Å². The lowest BCUT2D eigenvalue weighted by Crippen LogP contribution is -2.58. The fourth-order valence-electron chi connectivity index (χ4n) is 3.93. The average molecular weight is 367 g/mol. The normalized spacial score (nSPS) is 18.7. The molecular weight excluding hydrogens is 342 g/mol. The van der Waals surface area contributed by atoms with Crippen molar-refractivity contribution in [3.63, 3.8) is 0 Å². The van der Waals surface area contributed by atoms with E-state index in [1.165, 1.54) is 12.0 Å². The number of benzene rings is 2. The highest BCUT2D eigenvalue weighted by Gasteiger charge is 2.61. The Morgan fingerprint density at radius 3 is 2.30 bits per heavy atom. The molecule has 3 rings (SSSR count). The van der Waals surface area contributed by atoms with Crippen molar-refractivity contribution in [1.29, 1.82) is 0 Å². The van der Waals surface area contributed by atoms with Crippen LogP contribution in [0, 0.1) is 5.41 Å². The van der Waals surface area contributed by atoms with Crippen LogP contribution in [0.4, 0.5) is 4.79 Å². The molecule has 5 heteroatoms. The summed E-state index contributed by atoms with van der Waals surface area (Å²) in [6, 6.07) is 17.1. The van der Waals surface area contributed by atoms with E-state index in [0.29, 0.717) is 6.54 Å². The molecule has 0 fully saturated rings. The van der Waals surface area contributed by atoms with Gasteiger partial charge in [-0.3, -0.25) is 4.90 Å². The molecule has 0 N–H and O–H groups in total. The number of rotatable bonds is 3. The minimum Gasteiger partial charge on any atom is -0.467 e. The zero-order valence-electron chi connectivity index (χ0n) is 16.2. The Morgan fingerprint density at radius 1 is 1.04 bits per heavy atom. The molecule has 0 radical (unpaired) electrons. The molecule has 1 aliphatic rings. The molecule has 0 bridgehead atoms. The Morgan fingerprint density at radius 2 is 1.67 bits per heavy atom. The summed E-state index contributed by atoms with van der Waals surface area (Å²) in [6.45, 7) is 6.25. The van der Waals surface area contributed by atoms with Gasteiger partial charge in [0.05, 0.1) is 13.7 Å². The second-order valence-electron chi connectivity index (χ2n) is 7.74. The van der Waals surface area contributed by atoms with Gasteiger partial charge in [-0.05, 0) is 16.7 Å². The summed E-state index contributed by atoms with van der Waals surface area (Å²) in [4.78, 5) is 27.6. The molecule has 2 aromatic rings. The van der Waals surface area contributed by atoms with Crippen LogP contribution in [0.5, 0.6) is 0 Å². The lowest BCUT2D eigenvalue weighted by molar-refractivity contribution is -0.163. The maximum Gasteiger partial charge on any atom is 0.411 e. The quantitative estimate of drug-likeness (QED) is 0.761. The minimum atomic E-state index is -1.24. The summed E-state index contributed by atoms with van der Waals surface area (Å²) in [5.74, 6) is -0.461. The van der Waals surface area contributed by atoms with Crippen molar-refractivity contribution in [1.82, 2.24) is 4.90 Å². The molecule has 1 unspecified atom stereocenters. The van der Waals surface area contributed by atoms with Gasteiger partial charge in [0.2, 0.25) is 0 Å². The average Bonchev–Trinajstić information content (AvgIpc) is 3.02. The molecule has 1 aliphatic heterocycles. The van der Waals surface area contributed by atoms with Crippen LogP contribution < -0.4 is 0 Å². The van der Waals surface area contributed by atoms with Crippen molar-refractivity contribution >= 4 is 12.1 Å². The number of esters is 1. The summed E-state index contributed by atoms with van der Waals surface area (Å²) in [7, 11) is 1.35. The summed E-state index contributed by atoms with van der Waals surface area (Å²) in [6.07, 6.45) is -0.532. The van der Waals surface area contributed by atoms with E-state index in [1.54, 1.807) is 0 Å². The molecule has 5 nitrogen and oxygen atoms in total. The smallest absolute Gasteiger partial charge is 0.411 e. The predicted octanol–water partition coefficient (Wildman–Crippen LogP) is 4.25. The van der Waals surface area contributed by atoms with E-state index in [1.807, 2.05) is 75.4 Å². The van der Waals surface area contributed by atoms with E-state index >= 15 is 0 Å². The zero-order valence-corrected chi connectivity index (χ0v) is 16.2. The van der Waals surface area contributed by atoms with Crippen LogP contribution >= 0.6 is 0 Å². The van der Waals surface area contributed by atoms with E-state index in [0.717, 1.165) is 16.7 Å². The molecule has 0 aliphatic carbocycles. The van der Waals surface area contributed by atoms with Gasteiger partial charge < -0.3 is 9.47 Å². The number of amides is 1. The number of nitrogens with zero attached hydrogens (tertiary/aromatic N) is 1. The first-order valence-corrected chi connectivity index (χ1v) is 8.97. The first-order valence-electron chi connectivity index (χ1n) is 8.97. The van der Waals surface area contributed by atoms with Gasteiger partial charge in [-0.2, -0.15) is 0 Å². The standard InChI is InChI=1S/C22H25NO4/c1-21(2,3)22(19(24)26-4)18-13-9-8-12-17(18)14-23(22)20(25)27-15-16-10-6-5-7-11-16/h5-13H,14-15H2,1-4H3. The van der Waals surface area contributed by atoms with Gasteiger partial charge >= 0.3 is 12.1 Å². The molecule has 27 heavy (non-hydrogen) atoms. The van der Waals surface area contributed by atoms with E-state index in [-0.39, 0.29) is 6.61 Å². The third kappa shape index (κ3) is 3.07. The maximum absolute atomic E-state index is 13.1. The fourth-order valence-corrected chi connectivity index (χ4v) is 3.93. The lowest BCUT2D eigenvalue weighted by Gasteiger charge is -2.45. The topological polar surface area (TPSA) is 55.8 Å². The molecule has 1 atom stereocenters. The molecule has 0 saturated heterocycles. The molecule has 1 heterocycles. The largest absolute Gasteiger partial charge is 0.467 e. The van der Waals surface area contributed by atoms with Gasteiger partial charge in [-0.15, -0.1) is 0 Å². The maximum atomic E-state index is 13.1. The van der Waals surface area contributed by atoms with E-state index < -0.39 is 23.0 Å². The van der Waals surface area contributed by atoms with Gasteiger partial charge in [-0.25, -0.2) is 9.59 Å². The Hall–Kier alpha value is -2.82. The second-order valence-corrected chi connectivity index (χ2v) is 7.74. The van der Waals surface area contributed by atoms with E-state index in [9.17, 15) is 9.59 Å². The van der Waals surface area contributed by atoms with Crippen LogP contribution in [0.25, 0.3) is 0 Å². The number of carbonyl (C=O) groups excluding carboxylic acids is 2. The third-order valence-corrected chi connectivity index (χ3v) is 5.13. The molecule has 0 spiro atoms. The van der Waals surface area contributed by atoms with Crippen LogP contribution in [0.2, 0.25) is 0 Å². The van der Waals surface area contributed by atoms with Crippen LogP contribution in [0.1, 0.15) is 37.5 Å². The highest BCUT2D eigenvalue weighted by molar-refractivity contribution is 5.90. The van der Waals surface area contributed by atoms with Crippen molar-refractivity contribution in [2.24, 2.45) is 5.41 Å². The lowest BCUT2D eigenvalue weighted by atomic mass is 9.69. The monoisotopic (exact) mass is 367 g/mol. The molecule has 0 saturated carbocycles. The number of hydrogen-bond donors (Lipinski definition) is 0. The van der Waals surface area contributed by atoms with Crippen molar-refractivity contribution in [2.45, 2.75) is 39.5 Å². The Balaban J connectivity index is 2.00. The number of fused-ring (bicyclic) bond motifs is 1. The van der Waals surface area contributed by atoms with Crippen molar-refractivity contribution in [2.75, 3.05) is 7.11 Å². The van der Waals surface area contributed by atoms with Crippen LogP contribution in [-0.4, -0.2) is 24.1 Å². The van der Waals surface area contributed by atoms with Crippen molar-refractivity contribution in [3.8, 4) is 0 Å². The molecule has 142 valence electrons. The number of carbonyl (C=O) groups is 2. The van der Waals surface area contributed by atoms with Gasteiger partial charge in [0.15, 0.2) is 5.54 Å². The van der Waals surface area contributed by atoms with Crippen LogP contribution in [-0.2, 0) is 33.0 Å². The molecule has 0 aromatic heterocycles. The van der Waals surface area contributed by atoms with Gasteiger partial charge in [0.25, 0.3) is 0 Å². The number of ether oxygens (including phenoxy) is 2. The Bertz CT molecular complexity index is 841. The molecule has 2 aromatic carbocycles. The SMILES string of the molecule is COC(=O)C1(C(C)(C)C)c2ccccc2CN1C(=O)OCc1ccccc1.